The minimum atomic E-state index is -4.50. The highest BCUT2D eigenvalue weighted by Gasteiger charge is 2.32. The molecule has 1 aromatic carbocycles. The van der Waals surface area contributed by atoms with Crippen LogP contribution in [0.2, 0.25) is 0 Å². The van der Waals surface area contributed by atoms with Crippen LogP contribution in [0.25, 0.3) is 0 Å². The van der Waals surface area contributed by atoms with Crippen LogP contribution in [-0.2, 0) is 15.8 Å². The summed E-state index contributed by atoms with van der Waals surface area (Å²) >= 11 is 0. The molecule has 0 aliphatic rings. The van der Waals surface area contributed by atoms with E-state index in [1.807, 2.05) is 0 Å². The molecule has 0 spiro atoms. The van der Waals surface area contributed by atoms with Gasteiger partial charge in [-0.05, 0) is 12.5 Å². The van der Waals surface area contributed by atoms with Gasteiger partial charge in [-0.3, -0.25) is 9.59 Å². The van der Waals surface area contributed by atoms with Gasteiger partial charge in [-0.25, -0.2) is 5.43 Å². The highest BCUT2D eigenvalue weighted by atomic mass is 19.4. The van der Waals surface area contributed by atoms with Crippen molar-refractivity contribution in [3.8, 4) is 0 Å². The lowest BCUT2D eigenvalue weighted by molar-refractivity contribution is -0.137. The molecule has 0 radical (unpaired) electrons. The molecule has 0 bridgehead atoms. The van der Waals surface area contributed by atoms with Crippen molar-refractivity contribution < 1.29 is 22.8 Å². The number of hydrazone groups is 1. The lowest BCUT2D eigenvalue weighted by Crippen LogP contribution is -2.34. The first-order chi connectivity index (χ1) is 14.3. The topological polar surface area (TPSA) is 70.6 Å². The second kappa shape index (κ2) is 14.6. The number of alkyl halides is 3. The van der Waals surface area contributed by atoms with Crippen LogP contribution in [0.3, 0.4) is 0 Å². The molecular weight excluding hydrogens is 395 g/mol. The van der Waals surface area contributed by atoms with E-state index in [2.05, 4.69) is 22.8 Å². The standard InChI is InChI=1S/C22H32F3N3O2/c1-2-3-4-5-6-7-8-9-10-15-20(29)26-17-21(30)28-27-16-18-13-11-12-14-19(18)22(23,24)25/h11-14,16H,2-10,15,17H2,1H3,(H,26,29)(H,28,30)/b27-16-. The molecule has 2 amide bonds. The number of amides is 2. The average Bonchev–Trinajstić information content (AvgIpc) is 2.70. The summed E-state index contributed by atoms with van der Waals surface area (Å²) in [7, 11) is 0. The van der Waals surface area contributed by atoms with Crippen LogP contribution < -0.4 is 10.7 Å². The van der Waals surface area contributed by atoms with Crippen molar-refractivity contribution in [2.45, 2.75) is 77.3 Å². The Balaban J connectivity index is 2.17. The maximum absolute atomic E-state index is 12.9. The number of hydrogen-bond donors (Lipinski definition) is 2. The Morgan fingerprint density at radius 3 is 2.17 bits per heavy atom. The Morgan fingerprint density at radius 1 is 0.933 bits per heavy atom. The summed E-state index contributed by atoms with van der Waals surface area (Å²) in [6, 6.07) is 4.92. The second-order valence-electron chi connectivity index (χ2n) is 7.23. The second-order valence-corrected chi connectivity index (χ2v) is 7.23. The van der Waals surface area contributed by atoms with Crippen LogP contribution in [0.5, 0.6) is 0 Å². The predicted octanol–water partition coefficient (Wildman–Crippen LogP) is 5.19. The smallest absolute Gasteiger partial charge is 0.347 e. The molecule has 8 heteroatoms. The Bertz CT molecular complexity index is 676. The fourth-order valence-electron chi connectivity index (χ4n) is 2.94. The number of nitrogens with zero attached hydrogens (tertiary/aromatic N) is 1. The van der Waals surface area contributed by atoms with Crippen LogP contribution in [-0.4, -0.2) is 24.6 Å². The lowest BCUT2D eigenvalue weighted by atomic mass is 10.1. The zero-order chi connectivity index (χ0) is 22.2. The largest absolute Gasteiger partial charge is 0.417 e. The van der Waals surface area contributed by atoms with Gasteiger partial charge in [0.1, 0.15) is 0 Å². The van der Waals surface area contributed by atoms with Gasteiger partial charge in [-0.15, -0.1) is 0 Å². The van der Waals surface area contributed by atoms with Gasteiger partial charge >= 0.3 is 6.18 Å². The first kappa shape index (κ1) is 25.7. The van der Waals surface area contributed by atoms with E-state index in [9.17, 15) is 22.8 Å². The molecule has 0 unspecified atom stereocenters. The molecule has 1 aromatic rings. The first-order valence-corrected chi connectivity index (χ1v) is 10.6. The van der Waals surface area contributed by atoms with Crippen LogP contribution in [0.4, 0.5) is 13.2 Å². The van der Waals surface area contributed by atoms with E-state index < -0.39 is 17.6 Å². The SMILES string of the molecule is CCCCCCCCCCCC(=O)NCC(=O)N/N=C\c1ccccc1C(F)(F)F. The quantitative estimate of drug-likeness (QED) is 0.244. The number of carbonyl (C=O) groups excluding carboxylic acids is 2. The molecule has 0 fully saturated rings. The molecule has 1 rings (SSSR count). The molecular formula is C22H32F3N3O2. The van der Waals surface area contributed by atoms with Gasteiger partial charge in [0.25, 0.3) is 5.91 Å². The van der Waals surface area contributed by atoms with Gasteiger partial charge in [0.2, 0.25) is 5.91 Å². The van der Waals surface area contributed by atoms with Crippen molar-refractivity contribution in [2.24, 2.45) is 5.10 Å². The van der Waals surface area contributed by atoms with Crippen molar-refractivity contribution >= 4 is 18.0 Å². The number of nitrogens with one attached hydrogen (secondary N) is 2. The van der Waals surface area contributed by atoms with E-state index in [4.69, 9.17) is 0 Å². The molecule has 30 heavy (non-hydrogen) atoms. The van der Waals surface area contributed by atoms with Crippen molar-refractivity contribution in [3.63, 3.8) is 0 Å². The number of unbranched alkanes of at least 4 members (excludes halogenated alkanes) is 8. The van der Waals surface area contributed by atoms with Crippen molar-refractivity contribution in [1.82, 2.24) is 10.7 Å². The van der Waals surface area contributed by atoms with Gasteiger partial charge in [0.05, 0.1) is 18.3 Å². The van der Waals surface area contributed by atoms with Crippen molar-refractivity contribution in [2.75, 3.05) is 6.54 Å². The highest BCUT2D eigenvalue weighted by molar-refractivity contribution is 5.86. The lowest BCUT2D eigenvalue weighted by Gasteiger charge is -2.09. The summed E-state index contributed by atoms with van der Waals surface area (Å²) in [6.45, 7) is 1.92. The number of carbonyl (C=O) groups is 2. The summed E-state index contributed by atoms with van der Waals surface area (Å²) in [6.07, 6.45) is 7.16. The summed E-state index contributed by atoms with van der Waals surface area (Å²) < 4.78 is 38.6. The number of halogens is 3. The zero-order valence-corrected chi connectivity index (χ0v) is 17.6. The Kier molecular flexibility index (Phi) is 12.5. The molecule has 0 atom stereocenters. The maximum Gasteiger partial charge on any atom is 0.417 e. The summed E-state index contributed by atoms with van der Waals surface area (Å²) in [5.41, 5.74) is 1.13. The van der Waals surface area contributed by atoms with Gasteiger partial charge < -0.3 is 5.32 Å². The van der Waals surface area contributed by atoms with Crippen LogP contribution in [0, 0.1) is 0 Å². The molecule has 0 aliphatic heterocycles. The maximum atomic E-state index is 12.9. The summed E-state index contributed by atoms with van der Waals surface area (Å²) in [5.74, 6) is -0.823. The normalized spacial score (nSPS) is 11.6. The van der Waals surface area contributed by atoms with Gasteiger partial charge in [0, 0.05) is 12.0 Å². The van der Waals surface area contributed by atoms with Gasteiger partial charge in [-0.2, -0.15) is 18.3 Å². The molecule has 0 aliphatic carbocycles. The van der Waals surface area contributed by atoms with E-state index in [0.29, 0.717) is 6.42 Å². The Hall–Kier alpha value is -2.38. The fourth-order valence-corrected chi connectivity index (χ4v) is 2.94. The van der Waals surface area contributed by atoms with Crippen LogP contribution in [0.1, 0.15) is 82.3 Å². The zero-order valence-electron chi connectivity index (χ0n) is 17.6. The van der Waals surface area contributed by atoms with Crippen LogP contribution in [0.15, 0.2) is 29.4 Å². The predicted molar refractivity (Wildman–Crippen MR) is 112 cm³/mol. The molecule has 5 nitrogen and oxygen atoms in total. The van der Waals surface area contributed by atoms with Crippen molar-refractivity contribution in [1.29, 1.82) is 0 Å². The third-order valence-corrected chi connectivity index (χ3v) is 4.61. The fraction of sp³-hybridized carbons (Fsp3) is 0.591. The Morgan fingerprint density at radius 2 is 1.53 bits per heavy atom. The molecule has 0 saturated heterocycles. The minimum absolute atomic E-state index is 0.153. The highest BCUT2D eigenvalue weighted by Crippen LogP contribution is 2.30. The van der Waals surface area contributed by atoms with Crippen molar-refractivity contribution in [3.05, 3.63) is 35.4 Å². The minimum Gasteiger partial charge on any atom is -0.347 e. The van der Waals surface area contributed by atoms with Crippen LogP contribution >= 0.6 is 0 Å². The number of hydrogen-bond acceptors (Lipinski definition) is 3. The third-order valence-electron chi connectivity index (χ3n) is 4.61. The van der Waals surface area contributed by atoms with E-state index in [1.165, 1.54) is 56.7 Å². The molecule has 0 saturated carbocycles. The van der Waals surface area contributed by atoms with E-state index in [-0.39, 0.29) is 18.0 Å². The number of rotatable bonds is 14. The molecule has 0 aromatic heterocycles. The summed E-state index contributed by atoms with van der Waals surface area (Å²) in [5, 5.41) is 6.03. The monoisotopic (exact) mass is 427 g/mol. The van der Waals surface area contributed by atoms with Gasteiger partial charge in [0.15, 0.2) is 0 Å². The van der Waals surface area contributed by atoms with E-state index >= 15 is 0 Å². The molecule has 0 heterocycles. The van der Waals surface area contributed by atoms with E-state index in [1.54, 1.807) is 0 Å². The average molecular weight is 428 g/mol. The van der Waals surface area contributed by atoms with E-state index in [0.717, 1.165) is 31.5 Å². The summed E-state index contributed by atoms with van der Waals surface area (Å²) in [4.78, 5) is 23.4. The third kappa shape index (κ3) is 11.6. The molecule has 2 N–H and O–H groups in total. The number of benzene rings is 1. The first-order valence-electron chi connectivity index (χ1n) is 10.6. The Labute approximate surface area is 176 Å². The van der Waals surface area contributed by atoms with Gasteiger partial charge in [-0.1, -0.05) is 76.5 Å². The molecule has 168 valence electrons.